The Morgan fingerprint density at radius 2 is 1.65 bits per heavy atom. The number of nitrogens with zero attached hydrogens (tertiary/aromatic N) is 6. The number of aliphatic hydroxyl groups is 1. The van der Waals surface area contributed by atoms with Crippen molar-refractivity contribution in [2.24, 2.45) is 5.41 Å². The second-order valence-corrected chi connectivity index (χ2v) is 22.7. The molecule has 4 atom stereocenters. The maximum absolute atomic E-state index is 15.4. The Hall–Kier alpha value is -6.48. The first-order valence-electron chi connectivity index (χ1n) is 26.9. The van der Waals surface area contributed by atoms with Crippen LogP contribution in [-0.4, -0.2) is 124 Å². The molecule has 2 aromatic heterocycles. The average Bonchev–Trinajstić information content (AvgIpc) is 4.48. The zero-order valence-electron chi connectivity index (χ0n) is 45.5. The van der Waals surface area contributed by atoms with Crippen molar-refractivity contribution in [3.63, 3.8) is 0 Å². The van der Waals surface area contributed by atoms with Crippen LogP contribution in [-0.2, 0) is 53.7 Å². The summed E-state index contributed by atoms with van der Waals surface area (Å²) in [6.07, 6.45) is 4.74. The lowest BCUT2D eigenvalue weighted by molar-refractivity contribution is -0.144. The van der Waals surface area contributed by atoms with Crippen LogP contribution in [0.4, 0.5) is 10.1 Å². The minimum absolute atomic E-state index is 0.0176. The van der Waals surface area contributed by atoms with Crippen LogP contribution in [0.15, 0.2) is 103 Å². The molecule has 79 heavy (non-hydrogen) atoms. The van der Waals surface area contributed by atoms with E-state index in [4.69, 9.17) is 30.5 Å². The molecule has 0 unspecified atom stereocenters. The van der Waals surface area contributed by atoms with Gasteiger partial charge in [-0.3, -0.25) is 14.4 Å². The van der Waals surface area contributed by atoms with Gasteiger partial charge in [0.05, 0.1) is 79.0 Å². The second kappa shape index (κ2) is 27.1. The number of thiazole rings is 1. The molecule has 8 rings (SSSR count). The maximum Gasteiger partial charge on any atom is 0.246 e. The molecule has 3 heterocycles. The Balaban J connectivity index is 0.720. The number of benzene rings is 4. The van der Waals surface area contributed by atoms with Crippen LogP contribution in [0.3, 0.4) is 0 Å². The number of rotatable bonds is 26. The molecule has 2 aliphatic rings. The van der Waals surface area contributed by atoms with E-state index in [1.54, 1.807) is 40.4 Å². The van der Waals surface area contributed by atoms with Crippen LogP contribution in [0.2, 0.25) is 5.02 Å². The normalized spacial score (nSPS) is 16.9. The Kier molecular flexibility index (Phi) is 20.1. The molecule has 0 bridgehead atoms. The number of ether oxygens (including phenoxy) is 4. The SMILES string of the molecule is Cc1ncsc1-c1ccc([C@H](C)NC(=O)[C@@H]2C[C@@H](O)CN2C(=O)[C@H](NC(=O)COCCOCCOCc2cn(CCOc3ccc(N(Cc4cccc(O)c4Cl)CC4(c5ccccc5F)CCCC4)cc3)nn2)C(C)(C)C)cc1. The van der Waals surface area contributed by atoms with E-state index in [-0.39, 0.29) is 81.5 Å². The van der Waals surface area contributed by atoms with Gasteiger partial charge in [-0.1, -0.05) is 105 Å². The summed E-state index contributed by atoms with van der Waals surface area (Å²) >= 11 is 8.14. The third kappa shape index (κ3) is 15.5. The molecular formula is C59H72ClFN8O9S. The topological polar surface area (TPSA) is 203 Å². The van der Waals surface area contributed by atoms with Crippen LogP contribution in [0.5, 0.6) is 11.5 Å². The van der Waals surface area contributed by atoms with Crippen molar-refractivity contribution >= 4 is 46.3 Å². The number of anilines is 1. The minimum atomic E-state index is -0.990. The van der Waals surface area contributed by atoms with Gasteiger partial charge < -0.3 is 49.6 Å². The number of phenols is 1. The van der Waals surface area contributed by atoms with E-state index in [1.165, 1.54) is 11.0 Å². The fourth-order valence-corrected chi connectivity index (χ4v) is 11.4. The minimum Gasteiger partial charge on any atom is -0.506 e. The zero-order chi connectivity index (χ0) is 56.1. The number of aromatic hydroxyl groups is 1. The first kappa shape index (κ1) is 58.7. The first-order chi connectivity index (χ1) is 38.0. The summed E-state index contributed by atoms with van der Waals surface area (Å²) in [5.74, 6) is -0.846. The Labute approximate surface area is 470 Å². The number of aromatic nitrogens is 4. The molecule has 2 fully saturated rings. The molecule has 422 valence electrons. The molecule has 1 saturated heterocycles. The van der Waals surface area contributed by atoms with Gasteiger partial charge in [0.25, 0.3) is 0 Å². The standard InChI is InChI=1S/C59H72ClFN8O9S/c1-39(41-15-17-42(18-16-41)54-40(2)62-38-79-54)63-56(73)50-31-46(70)34-69(50)57(74)55(58(3,4)5)64-52(72)36-77-30-28-75-27-29-76-35-44-33-68(66-65-44)25-26-78-47-21-19-45(20-22-47)67(32-43-11-10-14-51(71)53(43)60)37-59(23-8-9-24-59)48-12-6-7-13-49(48)61/h6-7,10-22,33,38-39,46,50,55,70-71H,8-9,23-32,34-37H2,1-5H3,(H,63,73)(H,64,72)/t39-,46+,50-,55-/m0/s1. The molecule has 17 nitrogen and oxygen atoms in total. The van der Waals surface area contributed by atoms with E-state index in [0.717, 1.165) is 64.2 Å². The average molecular weight is 1120 g/mol. The number of likely N-dealkylation sites (tertiary alicyclic amines) is 1. The van der Waals surface area contributed by atoms with Crippen molar-refractivity contribution in [2.75, 3.05) is 57.6 Å². The Morgan fingerprint density at radius 3 is 2.35 bits per heavy atom. The smallest absolute Gasteiger partial charge is 0.246 e. The van der Waals surface area contributed by atoms with E-state index < -0.39 is 35.4 Å². The van der Waals surface area contributed by atoms with E-state index in [2.05, 4.69) is 30.8 Å². The highest BCUT2D eigenvalue weighted by Crippen LogP contribution is 2.44. The highest BCUT2D eigenvalue weighted by Gasteiger charge is 2.45. The lowest BCUT2D eigenvalue weighted by atomic mass is 9.78. The molecule has 4 aromatic carbocycles. The molecule has 1 saturated carbocycles. The number of halogens is 2. The number of phenolic OH excluding ortho intramolecular Hbond substituents is 1. The summed E-state index contributed by atoms with van der Waals surface area (Å²) in [6, 6.07) is 25.7. The van der Waals surface area contributed by atoms with Gasteiger partial charge in [0.2, 0.25) is 17.7 Å². The maximum atomic E-state index is 15.4. The van der Waals surface area contributed by atoms with Crippen LogP contribution in [0.25, 0.3) is 10.4 Å². The van der Waals surface area contributed by atoms with Crippen LogP contribution < -0.4 is 20.3 Å². The quantitative estimate of drug-likeness (QED) is 0.0376. The number of amides is 3. The van der Waals surface area contributed by atoms with Crippen LogP contribution >= 0.6 is 22.9 Å². The van der Waals surface area contributed by atoms with Gasteiger partial charge in [0.1, 0.15) is 48.3 Å². The Morgan fingerprint density at radius 1 is 0.924 bits per heavy atom. The Bertz CT molecular complexity index is 2970. The van der Waals surface area contributed by atoms with Gasteiger partial charge in [-0.05, 0) is 90.8 Å². The molecular weight excluding hydrogens is 1050 g/mol. The van der Waals surface area contributed by atoms with Gasteiger partial charge in [-0.15, -0.1) is 16.4 Å². The number of hydrogen-bond acceptors (Lipinski definition) is 14. The summed E-state index contributed by atoms with van der Waals surface area (Å²) < 4.78 is 40.1. The molecule has 0 radical (unpaired) electrons. The summed E-state index contributed by atoms with van der Waals surface area (Å²) in [5, 5.41) is 35.6. The number of hydrogen-bond donors (Lipinski definition) is 4. The zero-order valence-corrected chi connectivity index (χ0v) is 47.1. The predicted molar refractivity (Wildman–Crippen MR) is 300 cm³/mol. The number of β-amino-alcohol motifs (C(OH)–C–C–N with tert-alkyl or cyclic N) is 1. The third-order valence-corrected chi connectivity index (χ3v) is 16.0. The highest BCUT2D eigenvalue weighted by atomic mass is 35.5. The van der Waals surface area contributed by atoms with Crippen molar-refractivity contribution in [3.05, 3.63) is 142 Å². The number of aryl methyl sites for hydroxylation is 1. The van der Waals surface area contributed by atoms with Gasteiger partial charge in [-0.25, -0.2) is 14.1 Å². The van der Waals surface area contributed by atoms with E-state index >= 15 is 4.39 Å². The monoisotopic (exact) mass is 1120 g/mol. The largest absolute Gasteiger partial charge is 0.506 e. The summed E-state index contributed by atoms with van der Waals surface area (Å²) in [5.41, 5.74) is 6.66. The van der Waals surface area contributed by atoms with E-state index in [0.29, 0.717) is 42.7 Å². The molecule has 20 heteroatoms. The molecule has 6 aromatic rings. The lowest BCUT2D eigenvalue weighted by Gasteiger charge is -2.38. The van der Waals surface area contributed by atoms with Crippen molar-refractivity contribution in [3.8, 4) is 21.9 Å². The van der Waals surface area contributed by atoms with E-state index in [1.807, 2.05) is 107 Å². The van der Waals surface area contributed by atoms with Gasteiger partial charge in [0, 0.05) is 37.2 Å². The van der Waals surface area contributed by atoms with Crippen LogP contribution in [0.1, 0.15) is 93.9 Å². The van der Waals surface area contributed by atoms with Crippen molar-refractivity contribution < 1.29 is 47.9 Å². The van der Waals surface area contributed by atoms with Crippen molar-refractivity contribution in [2.45, 2.75) is 116 Å². The number of carbonyl (C=O) groups excluding carboxylic acids is 3. The first-order valence-corrected chi connectivity index (χ1v) is 28.1. The molecule has 1 aliphatic carbocycles. The fraction of sp³-hybridized carbons (Fsp3) is 0.458. The van der Waals surface area contributed by atoms with Gasteiger partial charge in [0.15, 0.2) is 0 Å². The molecule has 0 spiro atoms. The molecule has 1 aliphatic heterocycles. The van der Waals surface area contributed by atoms with E-state index in [9.17, 15) is 24.6 Å². The second-order valence-electron chi connectivity index (χ2n) is 21.5. The predicted octanol–water partition coefficient (Wildman–Crippen LogP) is 8.73. The van der Waals surface area contributed by atoms with Crippen molar-refractivity contribution in [1.29, 1.82) is 0 Å². The molecule has 3 amide bonds. The summed E-state index contributed by atoms with van der Waals surface area (Å²) in [7, 11) is 0. The number of aliphatic hydroxyl groups excluding tert-OH is 1. The number of nitrogens with one attached hydrogen (secondary N) is 2. The lowest BCUT2D eigenvalue weighted by Crippen LogP contribution is -2.58. The van der Waals surface area contributed by atoms with Gasteiger partial charge in [-0.2, -0.15) is 0 Å². The highest BCUT2D eigenvalue weighted by molar-refractivity contribution is 7.13. The fourth-order valence-electron chi connectivity index (χ4n) is 10.4. The van der Waals surface area contributed by atoms with Crippen molar-refractivity contribution in [1.82, 2.24) is 35.5 Å². The van der Waals surface area contributed by atoms with Crippen LogP contribution in [0, 0.1) is 18.2 Å². The number of carbonyl (C=O) groups is 3. The van der Waals surface area contributed by atoms with Gasteiger partial charge >= 0.3 is 0 Å². The summed E-state index contributed by atoms with van der Waals surface area (Å²) in [6.45, 7) is 11.9. The molecule has 4 N–H and O–H groups in total. The summed E-state index contributed by atoms with van der Waals surface area (Å²) in [4.78, 5) is 49.8. The third-order valence-electron chi connectivity index (χ3n) is 14.6.